The molecule has 1 heterocycles. The van der Waals surface area contributed by atoms with Gasteiger partial charge >= 0.3 is 6.03 Å². The van der Waals surface area contributed by atoms with E-state index in [-0.39, 0.29) is 19.1 Å². The van der Waals surface area contributed by atoms with Gasteiger partial charge in [-0.15, -0.1) is 0 Å². The predicted octanol–water partition coefficient (Wildman–Crippen LogP) is 1.94. The van der Waals surface area contributed by atoms with Crippen LogP contribution in [0.2, 0.25) is 0 Å². The summed E-state index contributed by atoms with van der Waals surface area (Å²) in [5, 5.41) is 2.69. The van der Waals surface area contributed by atoms with Crippen molar-refractivity contribution >= 4 is 17.6 Å². The lowest BCUT2D eigenvalue weighted by Gasteiger charge is -2.14. The number of nitrogens with zero attached hydrogens (tertiary/aromatic N) is 1. The molecule has 1 aliphatic heterocycles. The van der Waals surface area contributed by atoms with E-state index in [2.05, 4.69) is 5.32 Å². The number of carbonyl (C=O) groups is 2. The van der Waals surface area contributed by atoms with Crippen LogP contribution in [0.1, 0.15) is 11.6 Å². The molecule has 6 heteroatoms. The monoisotopic (exact) mass is 311 g/mol. The van der Waals surface area contributed by atoms with Gasteiger partial charge in [-0.25, -0.2) is 4.79 Å². The maximum Gasteiger partial charge on any atom is 0.325 e. The summed E-state index contributed by atoms with van der Waals surface area (Å²) < 4.78 is 5.53. The molecule has 1 fully saturated rings. The number of nitrogens with one attached hydrogen (secondary N) is 1. The normalized spacial score (nSPS) is 17.2. The Morgan fingerprint density at radius 2 is 1.87 bits per heavy atom. The van der Waals surface area contributed by atoms with Crippen LogP contribution < -0.4 is 15.8 Å². The first-order chi connectivity index (χ1) is 11.1. The van der Waals surface area contributed by atoms with Crippen LogP contribution in [-0.4, -0.2) is 30.0 Å². The fourth-order valence-corrected chi connectivity index (χ4v) is 2.46. The number of rotatable bonds is 5. The molecule has 0 radical (unpaired) electrons. The molecule has 0 spiro atoms. The molecule has 3 rings (SSSR count). The number of carbonyl (C=O) groups excluding carboxylic acids is 2. The highest BCUT2D eigenvalue weighted by Gasteiger charge is 2.38. The van der Waals surface area contributed by atoms with E-state index in [1.807, 2.05) is 30.3 Å². The van der Waals surface area contributed by atoms with Gasteiger partial charge in [0.2, 0.25) is 0 Å². The van der Waals surface area contributed by atoms with Crippen LogP contribution >= 0.6 is 0 Å². The molecule has 2 aromatic carbocycles. The first kappa shape index (κ1) is 14.9. The van der Waals surface area contributed by atoms with Gasteiger partial charge in [-0.1, -0.05) is 36.4 Å². The van der Waals surface area contributed by atoms with Crippen LogP contribution in [0.25, 0.3) is 0 Å². The van der Waals surface area contributed by atoms with Crippen LogP contribution in [0.15, 0.2) is 54.6 Å². The molecule has 1 aliphatic rings. The molecule has 118 valence electrons. The highest BCUT2D eigenvalue weighted by molar-refractivity contribution is 6.04. The lowest BCUT2D eigenvalue weighted by atomic mass is 10.1. The number of benzene rings is 2. The van der Waals surface area contributed by atoms with Crippen LogP contribution in [-0.2, 0) is 4.79 Å². The minimum Gasteiger partial charge on any atom is -0.492 e. The minimum absolute atomic E-state index is 0.183. The SMILES string of the molecule is Nc1cccc(OCCN2C(=O)NC(c3ccccc3)C2=O)c1. The summed E-state index contributed by atoms with van der Waals surface area (Å²) in [6, 6.07) is 15.1. The first-order valence-corrected chi connectivity index (χ1v) is 7.30. The van der Waals surface area contributed by atoms with E-state index in [0.717, 1.165) is 5.56 Å². The second-order valence-corrected chi connectivity index (χ2v) is 5.20. The topological polar surface area (TPSA) is 84.7 Å². The lowest BCUT2D eigenvalue weighted by molar-refractivity contribution is -0.127. The number of hydrogen-bond acceptors (Lipinski definition) is 4. The molecular weight excluding hydrogens is 294 g/mol. The molecule has 0 aromatic heterocycles. The Morgan fingerprint density at radius 3 is 2.61 bits per heavy atom. The van der Waals surface area contributed by atoms with E-state index in [1.165, 1.54) is 4.90 Å². The van der Waals surface area contributed by atoms with Crippen molar-refractivity contribution in [2.45, 2.75) is 6.04 Å². The third-order valence-corrected chi connectivity index (χ3v) is 3.60. The minimum atomic E-state index is -0.629. The summed E-state index contributed by atoms with van der Waals surface area (Å²) >= 11 is 0. The van der Waals surface area contributed by atoms with Crippen molar-refractivity contribution in [3.8, 4) is 5.75 Å². The number of hydrogen-bond donors (Lipinski definition) is 2. The molecule has 0 bridgehead atoms. The van der Waals surface area contributed by atoms with Gasteiger partial charge in [-0.2, -0.15) is 0 Å². The van der Waals surface area contributed by atoms with Gasteiger partial charge < -0.3 is 15.8 Å². The van der Waals surface area contributed by atoms with Crippen molar-refractivity contribution < 1.29 is 14.3 Å². The van der Waals surface area contributed by atoms with Gasteiger partial charge in [0.1, 0.15) is 18.4 Å². The molecule has 3 amide bonds. The van der Waals surface area contributed by atoms with E-state index < -0.39 is 12.1 Å². The number of urea groups is 1. The Kier molecular flexibility index (Phi) is 4.14. The van der Waals surface area contributed by atoms with E-state index in [9.17, 15) is 9.59 Å². The Morgan fingerprint density at radius 1 is 1.09 bits per heavy atom. The fraction of sp³-hybridized carbons (Fsp3) is 0.176. The molecule has 1 saturated heterocycles. The molecule has 0 saturated carbocycles. The highest BCUT2D eigenvalue weighted by atomic mass is 16.5. The van der Waals surface area contributed by atoms with E-state index >= 15 is 0 Å². The highest BCUT2D eigenvalue weighted by Crippen LogP contribution is 2.21. The van der Waals surface area contributed by atoms with Crippen molar-refractivity contribution in [3.63, 3.8) is 0 Å². The summed E-state index contributed by atoms with van der Waals surface area (Å²) in [5.41, 5.74) is 7.04. The fourth-order valence-electron chi connectivity index (χ4n) is 2.46. The van der Waals surface area contributed by atoms with Crippen LogP contribution in [0.3, 0.4) is 0 Å². The second-order valence-electron chi connectivity index (χ2n) is 5.20. The number of anilines is 1. The number of nitrogens with two attached hydrogens (primary N) is 1. The van der Waals surface area contributed by atoms with Gasteiger partial charge in [0.05, 0.1) is 6.54 Å². The van der Waals surface area contributed by atoms with Gasteiger partial charge in [-0.05, 0) is 17.7 Å². The van der Waals surface area contributed by atoms with Crippen LogP contribution in [0, 0.1) is 0 Å². The Hall–Kier alpha value is -3.02. The van der Waals surface area contributed by atoms with Crippen LogP contribution in [0.5, 0.6) is 5.75 Å². The summed E-state index contributed by atoms with van der Waals surface area (Å²) in [6.07, 6.45) is 0. The average molecular weight is 311 g/mol. The maximum atomic E-state index is 12.4. The maximum absolute atomic E-state index is 12.4. The Bertz CT molecular complexity index is 718. The van der Waals surface area contributed by atoms with Gasteiger partial charge in [-0.3, -0.25) is 9.69 Å². The third-order valence-electron chi connectivity index (χ3n) is 3.60. The molecule has 23 heavy (non-hydrogen) atoms. The summed E-state index contributed by atoms with van der Waals surface area (Å²) in [6.45, 7) is 0.396. The number of amides is 3. The van der Waals surface area contributed by atoms with Crippen LogP contribution in [0.4, 0.5) is 10.5 Å². The summed E-state index contributed by atoms with van der Waals surface area (Å²) in [4.78, 5) is 25.5. The Labute approximate surface area is 133 Å². The first-order valence-electron chi connectivity index (χ1n) is 7.30. The standard InChI is InChI=1S/C17H17N3O3/c18-13-7-4-8-14(11-13)23-10-9-20-16(21)15(19-17(20)22)12-5-2-1-3-6-12/h1-8,11,15H,9-10,18H2,(H,19,22). The summed E-state index contributed by atoms with van der Waals surface area (Å²) in [7, 11) is 0. The quantitative estimate of drug-likeness (QED) is 0.653. The average Bonchev–Trinajstić information content (AvgIpc) is 2.84. The van der Waals surface area contributed by atoms with E-state index in [1.54, 1.807) is 24.3 Å². The van der Waals surface area contributed by atoms with Crippen molar-refractivity contribution in [3.05, 3.63) is 60.2 Å². The zero-order valence-electron chi connectivity index (χ0n) is 12.4. The molecule has 3 N–H and O–H groups in total. The number of imide groups is 1. The molecule has 2 aromatic rings. The van der Waals surface area contributed by atoms with Gasteiger partial charge in [0.25, 0.3) is 5.91 Å². The Balaban J connectivity index is 1.60. The lowest BCUT2D eigenvalue weighted by Crippen LogP contribution is -2.34. The molecular formula is C17H17N3O3. The number of nitrogen functional groups attached to an aromatic ring is 1. The van der Waals surface area contributed by atoms with Crippen molar-refractivity contribution in [1.82, 2.24) is 10.2 Å². The van der Waals surface area contributed by atoms with Crippen molar-refractivity contribution in [2.24, 2.45) is 0 Å². The zero-order valence-corrected chi connectivity index (χ0v) is 12.4. The van der Waals surface area contributed by atoms with Gasteiger partial charge in [0.15, 0.2) is 0 Å². The van der Waals surface area contributed by atoms with Gasteiger partial charge in [0, 0.05) is 11.8 Å². The molecule has 0 aliphatic carbocycles. The molecule has 1 unspecified atom stereocenters. The van der Waals surface area contributed by atoms with E-state index in [0.29, 0.717) is 11.4 Å². The van der Waals surface area contributed by atoms with Crippen molar-refractivity contribution in [1.29, 1.82) is 0 Å². The summed E-state index contributed by atoms with van der Waals surface area (Å²) in [5.74, 6) is 0.342. The molecule has 6 nitrogen and oxygen atoms in total. The van der Waals surface area contributed by atoms with E-state index in [4.69, 9.17) is 10.5 Å². The predicted molar refractivity (Wildman–Crippen MR) is 85.8 cm³/mol. The van der Waals surface area contributed by atoms with Crippen molar-refractivity contribution in [2.75, 3.05) is 18.9 Å². The zero-order chi connectivity index (χ0) is 16.2. The largest absolute Gasteiger partial charge is 0.492 e. The number of ether oxygens (including phenoxy) is 1. The smallest absolute Gasteiger partial charge is 0.325 e. The third kappa shape index (κ3) is 3.26. The molecule has 1 atom stereocenters. The second kappa shape index (κ2) is 6.39.